The third kappa shape index (κ3) is 6.56. The quantitative estimate of drug-likeness (QED) is 0.733. The van der Waals surface area contributed by atoms with Gasteiger partial charge in [-0.15, -0.1) is 0 Å². The first-order chi connectivity index (χ1) is 10.6. The van der Waals surface area contributed by atoms with Crippen LogP contribution in [0, 0.1) is 0 Å². The number of carboxylic acid groups (broad SMARTS) is 1. The van der Waals surface area contributed by atoms with Gasteiger partial charge in [0.2, 0.25) is 0 Å². The second-order valence-corrected chi connectivity index (χ2v) is 6.09. The molecule has 0 fully saturated rings. The molecule has 3 N–H and O–H groups in total. The van der Waals surface area contributed by atoms with Gasteiger partial charge < -0.3 is 25.0 Å². The lowest BCUT2D eigenvalue weighted by Gasteiger charge is -2.25. The minimum Gasteiger partial charge on any atom is -0.497 e. The van der Waals surface area contributed by atoms with Crippen LogP contribution in [0.2, 0.25) is 0 Å². The lowest BCUT2D eigenvalue weighted by molar-refractivity contribution is -0.148. The maximum Gasteiger partial charge on any atom is 0.407 e. The van der Waals surface area contributed by atoms with Crippen molar-refractivity contribution in [3.05, 3.63) is 29.8 Å². The molecule has 0 unspecified atom stereocenters. The first kappa shape index (κ1) is 18.8. The van der Waals surface area contributed by atoms with Crippen molar-refractivity contribution in [2.75, 3.05) is 7.11 Å². The molecule has 0 aliphatic carbocycles. The maximum atomic E-state index is 11.8. The van der Waals surface area contributed by atoms with Gasteiger partial charge in [0.15, 0.2) is 6.10 Å². The lowest BCUT2D eigenvalue weighted by atomic mass is 10.0. The molecule has 0 aliphatic heterocycles. The third-order valence-electron chi connectivity index (χ3n) is 2.95. The normalized spacial score (nSPS) is 13.8. The highest BCUT2D eigenvalue weighted by Crippen LogP contribution is 2.14. The van der Waals surface area contributed by atoms with Crippen LogP contribution in [0.15, 0.2) is 24.3 Å². The van der Waals surface area contributed by atoms with E-state index < -0.39 is 29.8 Å². The van der Waals surface area contributed by atoms with Crippen molar-refractivity contribution in [3.63, 3.8) is 0 Å². The highest BCUT2D eigenvalue weighted by Gasteiger charge is 2.29. The van der Waals surface area contributed by atoms with Crippen LogP contribution >= 0.6 is 0 Å². The molecule has 0 aromatic heterocycles. The van der Waals surface area contributed by atoms with Gasteiger partial charge in [0.1, 0.15) is 11.4 Å². The first-order valence-corrected chi connectivity index (χ1v) is 7.15. The number of benzene rings is 1. The van der Waals surface area contributed by atoms with Crippen LogP contribution in [0.1, 0.15) is 26.3 Å². The van der Waals surface area contributed by atoms with Crippen LogP contribution in [0.5, 0.6) is 5.75 Å². The van der Waals surface area contributed by atoms with Crippen LogP contribution in [-0.4, -0.2) is 47.1 Å². The fourth-order valence-electron chi connectivity index (χ4n) is 1.89. The number of amides is 1. The summed E-state index contributed by atoms with van der Waals surface area (Å²) in [6.45, 7) is 5.08. The molecule has 1 aromatic rings. The molecule has 7 heteroatoms. The average molecular weight is 325 g/mol. The summed E-state index contributed by atoms with van der Waals surface area (Å²) in [6.07, 6.45) is -2.39. The highest BCUT2D eigenvalue weighted by molar-refractivity contribution is 5.75. The number of methoxy groups -OCH3 is 1. The zero-order valence-electron chi connectivity index (χ0n) is 13.7. The number of hydrogen-bond donors (Lipinski definition) is 3. The molecule has 1 aromatic carbocycles. The van der Waals surface area contributed by atoms with Crippen molar-refractivity contribution in [1.82, 2.24) is 5.32 Å². The molecule has 23 heavy (non-hydrogen) atoms. The highest BCUT2D eigenvalue weighted by atomic mass is 16.6. The number of alkyl carbamates (subject to hydrolysis) is 1. The van der Waals surface area contributed by atoms with Gasteiger partial charge in [-0.1, -0.05) is 12.1 Å². The molecule has 0 heterocycles. The van der Waals surface area contributed by atoms with Gasteiger partial charge >= 0.3 is 12.1 Å². The Morgan fingerprint density at radius 1 is 1.22 bits per heavy atom. The summed E-state index contributed by atoms with van der Waals surface area (Å²) in [5, 5.41) is 21.2. The molecular formula is C16H23NO6. The molecule has 2 atom stereocenters. The summed E-state index contributed by atoms with van der Waals surface area (Å²) in [5.41, 5.74) is 0.0234. The largest absolute Gasteiger partial charge is 0.497 e. The van der Waals surface area contributed by atoms with E-state index in [9.17, 15) is 14.7 Å². The van der Waals surface area contributed by atoms with E-state index in [1.54, 1.807) is 45.0 Å². The van der Waals surface area contributed by atoms with E-state index in [-0.39, 0.29) is 6.42 Å². The van der Waals surface area contributed by atoms with Gasteiger partial charge in [-0.2, -0.15) is 0 Å². The molecule has 1 rings (SSSR count). The maximum absolute atomic E-state index is 11.8. The predicted molar refractivity (Wildman–Crippen MR) is 83.5 cm³/mol. The zero-order chi connectivity index (χ0) is 17.6. The van der Waals surface area contributed by atoms with Gasteiger partial charge in [-0.05, 0) is 44.9 Å². The average Bonchev–Trinajstić information content (AvgIpc) is 2.44. The Hall–Kier alpha value is -2.28. The standard InChI is InChI=1S/C16H23NO6/c1-16(2,3)23-15(21)17-12(13(18)14(19)20)9-10-5-7-11(22-4)8-6-10/h5-8,12-13,18H,9H2,1-4H3,(H,17,21)(H,19,20)/t12-,13+/m1/s1. The van der Waals surface area contributed by atoms with Crippen molar-refractivity contribution < 1.29 is 29.3 Å². The van der Waals surface area contributed by atoms with E-state index in [4.69, 9.17) is 14.6 Å². The summed E-state index contributed by atoms with van der Waals surface area (Å²) in [4.78, 5) is 22.9. The Morgan fingerprint density at radius 2 is 1.78 bits per heavy atom. The predicted octanol–water partition coefficient (Wildman–Crippen LogP) is 1.58. The van der Waals surface area contributed by atoms with Gasteiger partial charge in [0, 0.05) is 0 Å². The molecule has 0 bridgehead atoms. The second kappa shape index (κ2) is 7.82. The molecule has 0 spiro atoms. The molecule has 1 amide bonds. The van der Waals surface area contributed by atoms with Crippen molar-refractivity contribution >= 4 is 12.1 Å². The van der Waals surface area contributed by atoms with E-state index in [2.05, 4.69) is 5.32 Å². The van der Waals surface area contributed by atoms with Crippen LogP contribution < -0.4 is 10.1 Å². The number of carboxylic acids is 1. The molecular weight excluding hydrogens is 302 g/mol. The van der Waals surface area contributed by atoms with Gasteiger partial charge in [-0.3, -0.25) is 0 Å². The number of rotatable bonds is 6. The van der Waals surface area contributed by atoms with Crippen molar-refractivity contribution in [2.24, 2.45) is 0 Å². The van der Waals surface area contributed by atoms with E-state index in [0.29, 0.717) is 5.75 Å². The molecule has 7 nitrogen and oxygen atoms in total. The number of hydrogen-bond acceptors (Lipinski definition) is 5. The summed E-state index contributed by atoms with van der Waals surface area (Å²) in [5.74, 6) is -0.760. The van der Waals surface area contributed by atoms with E-state index in [0.717, 1.165) is 5.56 Å². The summed E-state index contributed by atoms with van der Waals surface area (Å²) in [7, 11) is 1.54. The van der Waals surface area contributed by atoms with Crippen molar-refractivity contribution in [2.45, 2.75) is 44.9 Å². The monoisotopic (exact) mass is 325 g/mol. The van der Waals surface area contributed by atoms with Gasteiger partial charge in [0.25, 0.3) is 0 Å². The van der Waals surface area contributed by atoms with Gasteiger partial charge in [-0.25, -0.2) is 9.59 Å². The van der Waals surface area contributed by atoms with Crippen molar-refractivity contribution in [1.29, 1.82) is 0 Å². The first-order valence-electron chi connectivity index (χ1n) is 7.15. The molecule has 0 saturated heterocycles. The molecule has 0 saturated carbocycles. The third-order valence-corrected chi connectivity index (χ3v) is 2.95. The van der Waals surface area contributed by atoms with Crippen LogP contribution in [0.4, 0.5) is 4.79 Å². The van der Waals surface area contributed by atoms with Crippen LogP contribution in [-0.2, 0) is 16.0 Å². The summed E-state index contributed by atoms with van der Waals surface area (Å²) < 4.78 is 10.1. The number of aliphatic carboxylic acids is 1. The SMILES string of the molecule is COc1ccc(C[C@@H](NC(=O)OC(C)(C)C)[C@H](O)C(=O)O)cc1. The number of ether oxygens (including phenoxy) is 2. The van der Waals surface area contributed by atoms with Crippen molar-refractivity contribution in [3.8, 4) is 5.75 Å². The molecule has 0 aliphatic rings. The number of carbonyl (C=O) groups is 2. The summed E-state index contributed by atoms with van der Waals surface area (Å²) >= 11 is 0. The fraction of sp³-hybridized carbons (Fsp3) is 0.500. The van der Waals surface area contributed by atoms with Crippen LogP contribution in [0.3, 0.4) is 0 Å². The minimum atomic E-state index is -1.75. The van der Waals surface area contributed by atoms with E-state index in [1.165, 1.54) is 7.11 Å². The van der Waals surface area contributed by atoms with Gasteiger partial charge in [0.05, 0.1) is 13.2 Å². The van der Waals surface area contributed by atoms with E-state index >= 15 is 0 Å². The summed E-state index contributed by atoms with van der Waals surface area (Å²) in [6, 6.07) is 5.88. The molecule has 0 radical (unpaired) electrons. The second-order valence-electron chi connectivity index (χ2n) is 6.09. The Kier molecular flexibility index (Phi) is 6.38. The molecule has 128 valence electrons. The lowest BCUT2D eigenvalue weighted by Crippen LogP contribution is -2.49. The number of aliphatic hydroxyl groups excluding tert-OH is 1. The Balaban J connectivity index is 2.83. The zero-order valence-corrected chi connectivity index (χ0v) is 13.7. The minimum absolute atomic E-state index is 0.136. The Bertz CT molecular complexity index is 534. The fourth-order valence-corrected chi connectivity index (χ4v) is 1.89. The van der Waals surface area contributed by atoms with Crippen LogP contribution in [0.25, 0.3) is 0 Å². The Morgan fingerprint density at radius 3 is 2.22 bits per heavy atom. The number of carbonyl (C=O) groups excluding carboxylic acids is 1. The smallest absolute Gasteiger partial charge is 0.407 e. The Labute approximate surface area is 135 Å². The van der Waals surface area contributed by atoms with E-state index in [1.807, 2.05) is 0 Å². The number of aliphatic hydroxyl groups is 1. The number of nitrogens with one attached hydrogen (secondary N) is 1. The topological polar surface area (TPSA) is 105 Å².